The summed E-state index contributed by atoms with van der Waals surface area (Å²) >= 11 is 0. The predicted molar refractivity (Wildman–Crippen MR) is 111 cm³/mol. The number of hydrogen-bond donors (Lipinski definition) is 2. The van der Waals surface area contributed by atoms with Crippen LogP contribution in [0.25, 0.3) is 5.65 Å². The summed E-state index contributed by atoms with van der Waals surface area (Å²) in [6, 6.07) is 6.13. The van der Waals surface area contributed by atoms with Crippen molar-refractivity contribution in [1.82, 2.24) is 24.9 Å². The zero-order valence-corrected chi connectivity index (χ0v) is 17.2. The molecular formula is C17H27IN6O. The number of fused-ring (bicyclic) bond motifs is 1. The Morgan fingerprint density at radius 2 is 2.08 bits per heavy atom. The van der Waals surface area contributed by atoms with Gasteiger partial charge in [-0.05, 0) is 19.1 Å². The topological polar surface area (TPSA) is 66.2 Å². The number of morpholine rings is 1. The number of pyridine rings is 1. The summed E-state index contributed by atoms with van der Waals surface area (Å²) in [5, 5.41) is 6.68. The normalized spacial score (nSPS) is 15.8. The first kappa shape index (κ1) is 19.9. The lowest BCUT2D eigenvalue weighted by Crippen LogP contribution is -2.44. The number of hydrogen-bond acceptors (Lipinski definition) is 4. The summed E-state index contributed by atoms with van der Waals surface area (Å²) in [6.45, 7) is 8.28. The highest BCUT2D eigenvalue weighted by molar-refractivity contribution is 14.0. The third kappa shape index (κ3) is 5.55. The van der Waals surface area contributed by atoms with Gasteiger partial charge in [-0.2, -0.15) is 0 Å². The highest BCUT2D eigenvalue weighted by atomic mass is 127. The Balaban J connectivity index is 0.00000225. The number of halogens is 1. The molecule has 1 fully saturated rings. The van der Waals surface area contributed by atoms with Gasteiger partial charge in [0.1, 0.15) is 5.65 Å². The van der Waals surface area contributed by atoms with Crippen molar-refractivity contribution in [3.63, 3.8) is 0 Å². The number of aromatic nitrogens is 2. The van der Waals surface area contributed by atoms with Gasteiger partial charge in [0.15, 0.2) is 5.96 Å². The lowest BCUT2D eigenvalue weighted by Gasteiger charge is -2.26. The molecule has 7 nitrogen and oxygen atoms in total. The maximum absolute atomic E-state index is 5.36. The van der Waals surface area contributed by atoms with Crippen LogP contribution in [-0.2, 0) is 11.3 Å². The largest absolute Gasteiger partial charge is 0.379 e. The van der Waals surface area contributed by atoms with E-state index in [1.54, 1.807) is 7.05 Å². The van der Waals surface area contributed by atoms with Crippen LogP contribution in [0.5, 0.6) is 0 Å². The Morgan fingerprint density at radius 1 is 1.28 bits per heavy atom. The first-order chi connectivity index (χ1) is 11.8. The SMILES string of the molecule is CN=C(NCCN1CCOCC1)NCc1cn2c(C)cccc2n1.I. The lowest BCUT2D eigenvalue weighted by atomic mass is 10.4. The molecule has 2 N–H and O–H groups in total. The Hall–Kier alpha value is -1.39. The van der Waals surface area contributed by atoms with Gasteiger partial charge in [-0.15, -0.1) is 24.0 Å². The Labute approximate surface area is 165 Å². The van der Waals surface area contributed by atoms with E-state index in [-0.39, 0.29) is 24.0 Å². The number of rotatable bonds is 5. The maximum Gasteiger partial charge on any atom is 0.191 e. The highest BCUT2D eigenvalue weighted by Crippen LogP contribution is 2.08. The Bertz CT molecular complexity index is 696. The van der Waals surface area contributed by atoms with Crippen LogP contribution in [0.15, 0.2) is 29.4 Å². The quantitative estimate of drug-likeness (QED) is 0.401. The number of nitrogens with zero attached hydrogens (tertiary/aromatic N) is 4. The monoisotopic (exact) mass is 458 g/mol. The molecule has 3 heterocycles. The van der Waals surface area contributed by atoms with Crippen LogP contribution in [-0.4, -0.2) is 66.7 Å². The summed E-state index contributed by atoms with van der Waals surface area (Å²) < 4.78 is 7.46. The molecule has 0 radical (unpaired) electrons. The number of imidazole rings is 1. The van der Waals surface area contributed by atoms with E-state index in [1.165, 1.54) is 5.69 Å². The van der Waals surface area contributed by atoms with Crippen LogP contribution in [0, 0.1) is 6.92 Å². The molecule has 0 unspecified atom stereocenters. The molecule has 25 heavy (non-hydrogen) atoms. The van der Waals surface area contributed by atoms with Crippen LogP contribution in [0.3, 0.4) is 0 Å². The van der Waals surface area contributed by atoms with Gasteiger partial charge in [-0.1, -0.05) is 6.07 Å². The van der Waals surface area contributed by atoms with Gasteiger partial charge < -0.3 is 19.8 Å². The summed E-state index contributed by atoms with van der Waals surface area (Å²) in [6.07, 6.45) is 2.07. The van der Waals surface area contributed by atoms with Crippen molar-refractivity contribution in [3.8, 4) is 0 Å². The van der Waals surface area contributed by atoms with E-state index in [2.05, 4.69) is 49.1 Å². The molecule has 138 valence electrons. The van der Waals surface area contributed by atoms with Crippen molar-refractivity contribution in [1.29, 1.82) is 0 Å². The summed E-state index contributed by atoms with van der Waals surface area (Å²) in [5.74, 6) is 0.803. The van der Waals surface area contributed by atoms with Gasteiger partial charge >= 0.3 is 0 Å². The fourth-order valence-electron chi connectivity index (χ4n) is 2.84. The number of ether oxygens (including phenoxy) is 1. The molecule has 0 bridgehead atoms. The van der Waals surface area contributed by atoms with Crippen LogP contribution in [0.4, 0.5) is 0 Å². The van der Waals surface area contributed by atoms with Gasteiger partial charge in [0.05, 0.1) is 25.5 Å². The average molecular weight is 458 g/mol. The van der Waals surface area contributed by atoms with Gasteiger partial charge in [-0.3, -0.25) is 9.89 Å². The van der Waals surface area contributed by atoms with E-state index < -0.39 is 0 Å². The van der Waals surface area contributed by atoms with Gasteiger partial charge in [0.2, 0.25) is 0 Å². The van der Waals surface area contributed by atoms with E-state index in [1.807, 2.05) is 12.1 Å². The second kappa shape index (κ2) is 9.93. The molecule has 2 aromatic heterocycles. The molecule has 0 atom stereocenters. The van der Waals surface area contributed by atoms with Crippen molar-refractivity contribution in [2.75, 3.05) is 46.4 Å². The maximum atomic E-state index is 5.36. The minimum atomic E-state index is 0. The standard InChI is InChI=1S/C17H26N6O.HI/c1-14-4-3-5-16-21-15(13-23(14)16)12-20-17(18-2)19-6-7-22-8-10-24-11-9-22;/h3-5,13H,6-12H2,1-2H3,(H2,18,19,20);1H. The van der Waals surface area contributed by atoms with Crippen molar-refractivity contribution in [2.24, 2.45) is 4.99 Å². The summed E-state index contributed by atoms with van der Waals surface area (Å²) in [7, 11) is 1.79. The molecule has 1 saturated heterocycles. The molecule has 0 amide bonds. The van der Waals surface area contributed by atoms with Crippen molar-refractivity contribution in [3.05, 3.63) is 35.8 Å². The third-order valence-corrected chi connectivity index (χ3v) is 4.23. The molecule has 0 aromatic carbocycles. The zero-order valence-electron chi connectivity index (χ0n) is 14.9. The third-order valence-electron chi connectivity index (χ3n) is 4.23. The first-order valence-corrected chi connectivity index (χ1v) is 8.44. The predicted octanol–water partition coefficient (Wildman–Crippen LogP) is 1.26. The minimum absolute atomic E-state index is 0. The molecule has 3 rings (SSSR count). The van der Waals surface area contributed by atoms with Crippen molar-refractivity contribution in [2.45, 2.75) is 13.5 Å². The van der Waals surface area contributed by atoms with Crippen LogP contribution in [0.1, 0.15) is 11.4 Å². The molecule has 0 aliphatic carbocycles. The second-order valence-electron chi connectivity index (χ2n) is 5.93. The summed E-state index contributed by atoms with van der Waals surface area (Å²) in [4.78, 5) is 11.3. The van der Waals surface area contributed by atoms with Crippen molar-refractivity contribution < 1.29 is 4.74 Å². The van der Waals surface area contributed by atoms with Gasteiger partial charge in [0.25, 0.3) is 0 Å². The molecule has 8 heteroatoms. The molecule has 0 saturated carbocycles. The Morgan fingerprint density at radius 3 is 2.80 bits per heavy atom. The van der Waals surface area contributed by atoms with E-state index in [4.69, 9.17) is 4.74 Å². The van der Waals surface area contributed by atoms with E-state index in [0.717, 1.165) is 56.7 Å². The van der Waals surface area contributed by atoms with Crippen molar-refractivity contribution >= 4 is 35.6 Å². The van der Waals surface area contributed by atoms with Gasteiger partial charge in [-0.25, -0.2) is 4.98 Å². The number of nitrogens with one attached hydrogen (secondary N) is 2. The Kier molecular flexibility index (Phi) is 7.91. The number of aliphatic imine (C=N–C) groups is 1. The lowest BCUT2D eigenvalue weighted by molar-refractivity contribution is 0.0389. The van der Waals surface area contributed by atoms with Crippen LogP contribution in [0.2, 0.25) is 0 Å². The number of aryl methyl sites for hydroxylation is 1. The molecular weight excluding hydrogens is 431 g/mol. The molecule has 1 aliphatic rings. The van der Waals surface area contributed by atoms with Crippen LogP contribution < -0.4 is 10.6 Å². The van der Waals surface area contributed by atoms with E-state index in [0.29, 0.717) is 6.54 Å². The second-order valence-corrected chi connectivity index (χ2v) is 5.93. The van der Waals surface area contributed by atoms with E-state index in [9.17, 15) is 0 Å². The summed E-state index contributed by atoms with van der Waals surface area (Å²) in [5.41, 5.74) is 3.15. The average Bonchev–Trinajstić information content (AvgIpc) is 3.03. The molecule has 0 spiro atoms. The smallest absolute Gasteiger partial charge is 0.191 e. The highest BCUT2D eigenvalue weighted by Gasteiger charge is 2.10. The minimum Gasteiger partial charge on any atom is -0.379 e. The van der Waals surface area contributed by atoms with E-state index >= 15 is 0 Å². The first-order valence-electron chi connectivity index (χ1n) is 8.44. The van der Waals surface area contributed by atoms with Crippen LogP contribution >= 0.6 is 24.0 Å². The fraction of sp³-hybridized carbons (Fsp3) is 0.529. The number of guanidine groups is 1. The zero-order chi connectivity index (χ0) is 16.8. The fourth-order valence-corrected chi connectivity index (χ4v) is 2.84. The molecule has 1 aliphatic heterocycles. The van der Waals surface area contributed by atoms with Gasteiger partial charge in [0, 0.05) is 45.1 Å². The molecule has 2 aromatic rings.